The van der Waals surface area contributed by atoms with E-state index in [1.807, 2.05) is 0 Å². The van der Waals surface area contributed by atoms with Gasteiger partial charge in [-0.25, -0.2) is 4.90 Å². The molecular formula is C14H14N2O3. The van der Waals surface area contributed by atoms with Gasteiger partial charge in [-0.2, -0.15) is 0 Å². The molecule has 0 aromatic heterocycles. The summed E-state index contributed by atoms with van der Waals surface area (Å²) in [5.74, 6) is 0.0903. The lowest BCUT2D eigenvalue weighted by atomic mass is 10.2. The van der Waals surface area contributed by atoms with Crippen LogP contribution < -0.4 is 15.0 Å². The van der Waals surface area contributed by atoms with Crippen molar-refractivity contribution in [2.75, 3.05) is 12.0 Å². The van der Waals surface area contributed by atoms with Crippen LogP contribution in [0.3, 0.4) is 0 Å². The van der Waals surface area contributed by atoms with E-state index >= 15 is 0 Å². The van der Waals surface area contributed by atoms with E-state index in [9.17, 15) is 9.59 Å². The van der Waals surface area contributed by atoms with Gasteiger partial charge in [0.1, 0.15) is 11.4 Å². The van der Waals surface area contributed by atoms with Gasteiger partial charge in [-0.3, -0.25) is 9.59 Å². The maximum absolute atomic E-state index is 12.2. The van der Waals surface area contributed by atoms with Gasteiger partial charge in [0.25, 0.3) is 11.8 Å². The molecule has 1 fully saturated rings. The van der Waals surface area contributed by atoms with Gasteiger partial charge in [0, 0.05) is 12.1 Å². The standard InChI is InChI=1S/C14H14N2O3/c1-19-11-6-4-10(5-7-11)16-13(17)8-12(14(16)18)15-9-2-3-9/h4-9,15H,2-3H2,1H3. The molecule has 1 aromatic carbocycles. The number of nitrogens with zero attached hydrogens (tertiary/aromatic N) is 1. The number of nitrogens with one attached hydrogen (secondary N) is 1. The number of rotatable bonds is 4. The van der Waals surface area contributed by atoms with Crippen LogP contribution >= 0.6 is 0 Å². The van der Waals surface area contributed by atoms with E-state index in [2.05, 4.69) is 5.32 Å². The highest BCUT2D eigenvalue weighted by Gasteiger charge is 2.35. The highest BCUT2D eigenvalue weighted by Crippen LogP contribution is 2.26. The van der Waals surface area contributed by atoms with Crippen molar-refractivity contribution in [3.05, 3.63) is 36.0 Å². The van der Waals surface area contributed by atoms with Crippen LogP contribution in [0.2, 0.25) is 0 Å². The fourth-order valence-electron chi connectivity index (χ4n) is 2.00. The average molecular weight is 258 g/mol. The third-order valence-corrected chi connectivity index (χ3v) is 3.19. The number of hydrogen-bond donors (Lipinski definition) is 1. The van der Waals surface area contributed by atoms with Crippen molar-refractivity contribution in [2.24, 2.45) is 0 Å². The van der Waals surface area contributed by atoms with Crippen LogP contribution in [-0.4, -0.2) is 25.0 Å². The number of anilines is 1. The molecule has 1 saturated carbocycles. The molecule has 1 heterocycles. The normalized spacial score (nSPS) is 18.6. The first-order valence-electron chi connectivity index (χ1n) is 6.20. The molecule has 2 aliphatic rings. The maximum atomic E-state index is 12.2. The Balaban J connectivity index is 1.81. The zero-order valence-corrected chi connectivity index (χ0v) is 10.6. The summed E-state index contributed by atoms with van der Waals surface area (Å²) in [6, 6.07) is 7.19. The quantitative estimate of drug-likeness (QED) is 0.825. The van der Waals surface area contributed by atoms with E-state index in [0.717, 1.165) is 12.8 Å². The van der Waals surface area contributed by atoms with E-state index in [1.165, 1.54) is 11.0 Å². The van der Waals surface area contributed by atoms with Crippen LogP contribution in [0.15, 0.2) is 36.0 Å². The van der Waals surface area contributed by atoms with Gasteiger partial charge in [-0.1, -0.05) is 0 Å². The van der Waals surface area contributed by atoms with Gasteiger partial charge in [-0.05, 0) is 37.1 Å². The first-order chi connectivity index (χ1) is 9.19. The van der Waals surface area contributed by atoms with Gasteiger partial charge in [0.05, 0.1) is 12.8 Å². The summed E-state index contributed by atoms with van der Waals surface area (Å²) >= 11 is 0. The molecule has 0 saturated heterocycles. The minimum Gasteiger partial charge on any atom is -0.497 e. The second kappa shape index (κ2) is 4.42. The predicted molar refractivity (Wildman–Crippen MR) is 69.7 cm³/mol. The molecular weight excluding hydrogens is 244 g/mol. The van der Waals surface area contributed by atoms with Gasteiger partial charge in [0.15, 0.2) is 0 Å². The molecule has 0 bridgehead atoms. The number of methoxy groups -OCH3 is 1. The van der Waals surface area contributed by atoms with Crippen molar-refractivity contribution < 1.29 is 14.3 Å². The highest BCUT2D eigenvalue weighted by molar-refractivity contribution is 6.30. The van der Waals surface area contributed by atoms with E-state index in [4.69, 9.17) is 4.74 Å². The molecule has 0 unspecified atom stereocenters. The smallest absolute Gasteiger partial charge is 0.281 e. The second-order valence-corrected chi connectivity index (χ2v) is 4.65. The fraction of sp³-hybridized carbons (Fsp3) is 0.286. The predicted octanol–water partition coefficient (Wildman–Crippen LogP) is 1.20. The van der Waals surface area contributed by atoms with Crippen molar-refractivity contribution in [1.82, 2.24) is 5.32 Å². The summed E-state index contributed by atoms with van der Waals surface area (Å²) in [5.41, 5.74) is 0.947. The summed E-state index contributed by atoms with van der Waals surface area (Å²) in [4.78, 5) is 25.3. The van der Waals surface area contributed by atoms with E-state index in [0.29, 0.717) is 23.2 Å². The molecule has 1 aromatic rings. The fourth-order valence-corrected chi connectivity index (χ4v) is 2.00. The minimum atomic E-state index is -0.307. The Kier molecular flexibility index (Phi) is 2.74. The zero-order chi connectivity index (χ0) is 13.4. The van der Waals surface area contributed by atoms with Crippen LogP contribution in [0.4, 0.5) is 5.69 Å². The summed E-state index contributed by atoms with van der Waals surface area (Å²) < 4.78 is 5.05. The number of benzene rings is 1. The Hall–Kier alpha value is -2.30. The Labute approximate surface area is 110 Å². The van der Waals surface area contributed by atoms with Crippen molar-refractivity contribution >= 4 is 17.5 Å². The van der Waals surface area contributed by atoms with Crippen LogP contribution in [0.1, 0.15) is 12.8 Å². The Bertz CT molecular complexity index is 559. The maximum Gasteiger partial charge on any atom is 0.281 e. The van der Waals surface area contributed by atoms with Crippen LogP contribution in [-0.2, 0) is 9.59 Å². The molecule has 0 spiro atoms. The van der Waals surface area contributed by atoms with Gasteiger partial charge in [-0.15, -0.1) is 0 Å². The first kappa shape index (κ1) is 11.8. The molecule has 2 amide bonds. The topological polar surface area (TPSA) is 58.6 Å². The summed E-state index contributed by atoms with van der Waals surface area (Å²) in [6.45, 7) is 0. The SMILES string of the molecule is COc1ccc(N2C(=O)C=C(NC3CC3)C2=O)cc1. The van der Waals surface area contributed by atoms with Crippen molar-refractivity contribution in [3.63, 3.8) is 0 Å². The van der Waals surface area contributed by atoms with Crippen LogP contribution in [0, 0.1) is 0 Å². The molecule has 5 heteroatoms. The number of amides is 2. The van der Waals surface area contributed by atoms with Crippen LogP contribution in [0.25, 0.3) is 0 Å². The van der Waals surface area contributed by atoms with Crippen molar-refractivity contribution in [3.8, 4) is 5.75 Å². The third kappa shape index (κ3) is 2.19. The Morgan fingerprint density at radius 1 is 1.21 bits per heavy atom. The average Bonchev–Trinajstić information content (AvgIpc) is 3.18. The number of hydrogen-bond acceptors (Lipinski definition) is 4. The number of ether oxygens (including phenoxy) is 1. The summed E-state index contributed by atoms with van der Waals surface area (Å²) in [5, 5.41) is 3.08. The zero-order valence-electron chi connectivity index (χ0n) is 10.6. The van der Waals surface area contributed by atoms with Gasteiger partial charge >= 0.3 is 0 Å². The molecule has 1 aliphatic carbocycles. The number of carbonyl (C=O) groups is 2. The summed E-state index contributed by atoms with van der Waals surface area (Å²) in [7, 11) is 1.57. The van der Waals surface area contributed by atoms with E-state index in [1.54, 1.807) is 31.4 Å². The highest BCUT2D eigenvalue weighted by atomic mass is 16.5. The molecule has 98 valence electrons. The van der Waals surface area contributed by atoms with Crippen LogP contribution in [0.5, 0.6) is 5.75 Å². The summed E-state index contributed by atoms with van der Waals surface area (Å²) in [6.07, 6.45) is 3.48. The molecule has 0 radical (unpaired) electrons. The molecule has 1 aliphatic heterocycles. The lowest BCUT2D eigenvalue weighted by Gasteiger charge is -2.15. The van der Waals surface area contributed by atoms with Gasteiger partial charge in [0.2, 0.25) is 0 Å². The van der Waals surface area contributed by atoms with Gasteiger partial charge < -0.3 is 10.1 Å². The van der Waals surface area contributed by atoms with Crippen molar-refractivity contribution in [2.45, 2.75) is 18.9 Å². The molecule has 0 atom stereocenters. The first-order valence-corrected chi connectivity index (χ1v) is 6.20. The lowest BCUT2D eigenvalue weighted by Crippen LogP contribution is -2.33. The van der Waals surface area contributed by atoms with E-state index < -0.39 is 0 Å². The Morgan fingerprint density at radius 3 is 2.47 bits per heavy atom. The molecule has 5 nitrogen and oxygen atoms in total. The monoisotopic (exact) mass is 258 g/mol. The minimum absolute atomic E-state index is 0.290. The van der Waals surface area contributed by atoms with E-state index in [-0.39, 0.29) is 11.8 Å². The lowest BCUT2D eigenvalue weighted by molar-refractivity contribution is -0.120. The molecule has 1 N–H and O–H groups in total. The molecule has 19 heavy (non-hydrogen) atoms. The number of carbonyl (C=O) groups excluding carboxylic acids is 2. The number of imide groups is 1. The third-order valence-electron chi connectivity index (χ3n) is 3.19. The second-order valence-electron chi connectivity index (χ2n) is 4.65. The Morgan fingerprint density at radius 2 is 1.89 bits per heavy atom. The van der Waals surface area contributed by atoms with Crippen molar-refractivity contribution in [1.29, 1.82) is 0 Å². The molecule has 3 rings (SSSR count). The largest absolute Gasteiger partial charge is 0.497 e.